The van der Waals surface area contributed by atoms with E-state index in [1.54, 1.807) is 24.3 Å². The first-order chi connectivity index (χ1) is 11.8. The minimum Gasteiger partial charge on any atom is -0.350 e. The molecule has 0 aliphatic heterocycles. The Bertz CT molecular complexity index is 800. The van der Waals surface area contributed by atoms with Crippen LogP contribution < -0.4 is 5.32 Å². The Morgan fingerprint density at radius 2 is 1.64 bits per heavy atom. The fraction of sp³-hybridized carbons (Fsp3) is 0.316. The van der Waals surface area contributed by atoms with Crippen LogP contribution in [0.25, 0.3) is 0 Å². The molecule has 25 heavy (non-hydrogen) atoms. The van der Waals surface area contributed by atoms with Crippen LogP contribution in [0.15, 0.2) is 59.5 Å². The summed E-state index contributed by atoms with van der Waals surface area (Å²) in [5.74, 6) is -0.0265. The van der Waals surface area contributed by atoms with Gasteiger partial charge in [-0.2, -0.15) is 0 Å². The number of rotatable bonds is 7. The number of nitrogens with zero attached hydrogens (tertiary/aromatic N) is 1. The molecule has 0 saturated heterocycles. The zero-order chi connectivity index (χ0) is 18.4. The van der Waals surface area contributed by atoms with E-state index in [2.05, 4.69) is 5.32 Å². The molecular formula is C19H24N2O3S. The van der Waals surface area contributed by atoms with Gasteiger partial charge in [-0.25, -0.2) is 12.7 Å². The predicted octanol–water partition coefficient (Wildman–Crippen LogP) is 2.75. The van der Waals surface area contributed by atoms with E-state index in [0.717, 1.165) is 11.1 Å². The molecular weight excluding hydrogens is 336 g/mol. The van der Waals surface area contributed by atoms with E-state index >= 15 is 0 Å². The molecule has 0 radical (unpaired) electrons. The summed E-state index contributed by atoms with van der Waals surface area (Å²) in [7, 11) is -0.414. The Labute approximate surface area is 149 Å². The van der Waals surface area contributed by atoms with Gasteiger partial charge in [-0.15, -0.1) is 0 Å². The zero-order valence-corrected chi connectivity index (χ0v) is 15.6. The van der Waals surface area contributed by atoms with Crippen molar-refractivity contribution in [2.45, 2.75) is 30.7 Å². The summed E-state index contributed by atoms with van der Waals surface area (Å²) in [6.07, 6.45) is 0.923. The second kappa shape index (κ2) is 8.27. The van der Waals surface area contributed by atoms with Gasteiger partial charge in [0, 0.05) is 20.5 Å². The lowest BCUT2D eigenvalue weighted by Gasteiger charge is -2.14. The lowest BCUT2D eigenvalue weighted by atomic mass is 10.1. The monoisotopic (exact) mass is 360 g/mol. The van der Waals surface area contributed by atoms with E-state index in [4.69, 9.17) is 0 Å². The number of benzene rings is 2. The summed E-state index contributed by atoms with van der Waals surface area (Å²) >= 11 is 0. The van der Waals surface area contributed by atoms with Crippen LogP contribution in [0.5, 0.6) is 0 Å². The molecule has 1 atom stereocenters. The second-order valence-electron chi connectivity index (χ2n) is 6.13. The quantitative estimate of drug-likeness (QED) is 0.826. The number of carbonyl (C=O) groups is 1. The Kier molecular flexibility index (Phi) is 6.33. The molecule has 0 fully saturated rings. The van der Waals surface area contributed by atoms with E-state index in [-0.39, 0.29) is 16.8 Å². The first-order valence-electron chi connectivity index (χ1n) is 8.16. The first kappa shape index (κ1) is 19.1. The van der Waals surface area contributed by atoms with E-state index < -0.39 is 10.0 Å². The molecule has 0 spiro atoms. The van der Waals surface area contributed by atoms with Crippen molar-refractivity contribution in [3.63, 3.8) is 0 Å². The van der Waals surface area contributed by atoms with Gasteiger partial charge in [0.15, 0.2) is 0 Å². The fourth-order valence-corrected chi connectivity index (χ4v) is 3.34. The molecule has 0 heterocycles. The van der Waals surface area contributed by atoms with Crippen molar-refractivity contribution in [2.24, 2.45) is 0 Å². The molecule has 0 aliphatic carbocycles. The van der Waals surface area contributed by atoms with Crippen molar-refractivity contribution in [2.75, 3.05) is 14.1 Å². The SMILES string of the molecule is C[C@H](NC(=O)CCc1ccc(S(=O)(=O)N(C)C)cc1)c1ccccc1. The Morgan fingerprint density at radius 3 is 2.20 bits per heavy atom. The van der Waals surface area contributed by atoms with Gasteiger partial charge in [-0.05, 0) is 36.6 Å². The molecule has 134 valence electrons. The Balaban J connectivity index is 1.90. The third kappa shape index (κ3) is 5.14. The van der Waals surface area contributed by atoms with Gasteiger partial charge in [-0.3, -0.25) is 4.79 Å². The van der Waals surface area contributed by atoms with Crippen LogP contribution in [0, 0.1) is 0 Å². The number of nitrogens with one attached hydrogen (secondary N) is 1. The molecule has 0 aliphatic rings. The topological polar surface area (TPSA) is 66.5 Å². The number of aryl methyl sites for hydroxylation is 1. The summed E-state index contributed by atoms with van der Waals surface area (Å²) in [6, 6.07) is 16.4. The summed E-state index contributed by atoms with van der Waals surface area (Å²) in [5, 5.41) is 2.98. The van der Waals surface area contributed by atoms with Crippen molar-refractivity contribution in [3.05, 3.63) is 65.7 Å². The van der Waals surface area contributed by atoms with E-state index in [1.807, 2.05) is 37.3 Å². The van der Waals surface area contributed by atoms with Crippen molar-refractivity contribution in [1.29, 1.82) is 0 Å². The summed E-state index contributed by atoms with van der Waals surface area (Å²) < 4.78 is 25.2. The molecule has 0 saturated carbocycles. The van der Waals surface area contributed by atoms with Gasteiger partial charge in [-0.1, -0.05) is 42.5 Å². The van der Waals surface area contributed by atoms with Crippen LogP contribution in [-0.4, -0.2) is 32.7 Å². The molecule has 6 heteroatoms. The molecule has 5 nitrogen and oxygen atoms in total. The molecule has 0 bridgehead atoms. The molecule has 2 aromatic rings. The van der Waals surface area contributed by atoms with Crippen molar-refractivity contribution < 1.29 is 13.2 Å². The molecule has 2 rings (SSSR count). The number of amides is 1. The van der Waals surface area contributed by atoms with Crippen LogP contribution in [0.3, 0.4) is 0 Å². The Hall–Kier alpha value is -2.18. The average Bonchev–Trinajstić information content (AvgIpc) is 2.61. The molecule has 1 N–H and O–H groups in total. The van der Waals surface area contributed by atoms with Crippen LogP contribution in [0.4, 0.5) is 0 Å². The van der Waals surface area contributed by atoms with Crippen molar-refractivity contribution in [1.82, 2.24) is 9.62 Å². The highest BCUT2D eigenvalue weighted by Gasteiger charge is 2.16. The third-order valence-corrected chi connectivity index (χ3v) is 5.85. The summed E-state index contributed by atoms with van der Waals surface area (Å²) in [4.78, 5) is 12.4. The number of sulfonamides is 1. The molecule has 1 amide bonds. The lowest BCUT2D eigenvalue weighted by Crippen LogP contribution is -2.26. The van der Waals surface area contributed by atoms with Gasteiger partial charge in [0.2, 0.25) is 15.9 Å². The highest BCUT2D eigenvalue weighted by atomic mass is 32.2. The second-order valence-corrected chi connectivity index (χ2v) is 8.28. The van der Waals surface area contributed by atoms with E-state index in [0.29, 0.717) is 12.8 Å². The lowest BCUT2D eigenvalue weighted by molar-refractivity contribution is -0.121. The molecule has 0 aromatic heterocycles. The minimum atomic E-state index is -3.42. The van der Waals surface area contributed by atoms with Gasteiger partial charge in [0.05, 0.1) is 10.9 Å². The van der Waals surface area contributed by atoms with Crippen molar-refractivity contribution >= 4 is 15.9 Å². The van der Waals surface area contributed by atoms with Gasteiger partial charge in [0.25, 0.3) is 0 Å². The smallest absolute Gasteiger partial charge is 0.242 e. The normalized spacial score (nSPS) is 12.8. The standard InChI is InChI=1S/C19H24N2O3S/c1-15(17-7-5-4-6-8-17)20-19(22)14-11-16-9-12-18(13-10-16)25(23,24)21(2)3/h4-10,12-13,15H,11,14H2,1-3H3,(H,20,22)/t15-/m0/s1. The van der Waals surface area contributed by atoms with E-state index in [1.165, 1.54) is 18.4 Å². The van der Waals surface area contributed by atoms with Crippen LogP contribution in [0.1, 0.15) is 30.5 Å². The fourth-order valence-electron chi connectivity index (χ4n) is 2.44. The van der Waals surface area contributed by atoms with Crippen molar-refractivity contribution in [3.8, 4) is 0 Å². The van der Waals surface area contributed by atoms with Crippen LogP contribution in [0.2, 0.25) is 0 Å². The zero-order valence-electron chi connectivity index (χ0n) is 14.8. The van der Waals surface area contributed by atoms with Gasteiger partial charge in [0.1, 0.15) is 0 Å². The summed E-state index contributed by atoms with van der Waals surface area (Å²) in [5.41, 5.74) is 1.99. The number of hydrogen-bond acceptors (Lipinski definition) is 3. The highest BCUT2D eigenvalue weighted by Crippen LogP contribution is 2.15. The first-order valence-corrected chi connectivity index (χ1v) is 9.60. The Morgan fingerprint density at radius 1 is 1.04 bits per heavy atom. The predicted molar refractivity (Wildman–Crippen MR) is 98.6 cm³/mol. The maximum Gasteiger partial charge on any atom is 0.242 e. The van der Waals surface area contributed by atoms with E-state index in [9.17, 15) is 13.2 Å². The summed E-state index contributed by atoms with van der Waals surface area (Å²) in [6.45, 7) is 1.95. The number of hydrogen-bond donors (Lipinski definition) is 1. The average molecular weight is 360 g/mol. The van der Waals surface area contributed by atoms with Crippen LogP contribution in [-0.2, 0) is 21.2 Å². The van der Waals surface area contributed by atoms with Gasteiger partial charge >= 0.3 is 0 Å². The maximum absolute atomic E-state index is 12.1. The third-order valence-electron chi connectivity index (χ3n) is 4.02. The largest absolute Gasteiger partial charge is 0.350 e. The van der Waals surface area contributed by atoms with Crippen LogP contribution >= 0.6 is 0 Å². The highest BCUT2D eigenvalue weighted by molar-refractivity contribution is 7.89. The minimum absolute atomic E-state index is 0.0265. The molecule has 2 aromatic carbocycles. The number of carbonyl (C=O) groups excluding carboxylic acids is 1. The van der Waals surface area contributed by atoms with Gasteiger partial charge < -0.3 is 5.32 Å². The molecule has 0 unspecified atom stereocenters. The maximum atomic E-state index is 12.1.